The third kappa shape index (κ3) is 3.64. The summed E-state index contributed by atoms with van der Waals surface area (Å²) in [7, 11) is 2.85. The van der Waals surface area contributed by atoms with Gasteiger partial charge in [-0.3, -0.25) is 9.20 Å². The Morgan fingerprint density at radius 1 is 1.15 bits per heavy atom. The molecule has 0 saturated carbocycles. The molecule has 0 aliphatic rings. The Morgan fingerprint density at radius 3 is 2.59 bits per heavy atom. The average Bonchev–Trinajstić information content (AvgIpc) is 3.06. The first kappa shape index (κ1) is 18.5. The molecule has 0 aliphatic carbocycles. The first-order valence-electron chi connectivity index (χ1n) is 7.75. The molecule has 0 bridgehead atoms. The van der Waals surface area contributed by atoms with Crippen molar-refractivity contribution in [2.24, 2.45) is 0 Å². The number of alkyl halides is 3. The number of ether oxygens (including phenoxy) is 2. The molecule has 2 heterocycles. The lowest BCUT2D eigenvalue weighted by Crippen LogP contribution is -2.24. The first-order valence-corrected chi connectivity index (χ1v) is 7.75. The van der Waals surface area contributed by atoms with Crippen LogP contribution in [0.4, 0.5) is 13.2 Å². The van der Waals surface area contributed by atoms with E-state index in [0.717, 1.165) is 12.3 Å². The maximum atomic E-state index is 12.9. The van der Waals surface area contributed by atoms with Gasteiger partial charge in [0, 0.05) is 6.20 Å². The van der Waals surface area contributed by atoms with E-state index in [0.29, 0.717) is 5.75 Å². The Labute approximate surface area is 151 Å². The predicted molar refractivity (Wildman–Crippen MR) is 88.7 cm³/mol. The summed E-state index contributed by atoms with van der Waals surface area (Å²) in [5.74, 6) is 0.302. The molecule has 2 aromatic heterocycles. The van der Waals surface area contributed by atoms with Gasteiger partial charge in [0.1, 0.15) is 0 Å². The minimum Gasteiger partial charge on any atom is -0.493 e. The minimum atomic E-state index is -4.49. The lowest BCUT2D eigenvalue weighted by atomic mass is 10.1. The lowest BCUT2D eigenvalue weighted by Gasteiger charge is -2.12. The lowest BCUT2D eigenvalue weighted by molar-refractivity contribution is -0.137. The average molecular weight is 380 g/mol. The number of para-hydroxylation sites is 1. The number of benzene rings is 1. The van der Waals surface area contributed by atoms with E-state index in [-0.39, 0.29) is 29.3 Å². The van der Waals surface area contributed by atoms with Crippen molar-refractivity contribution in [2.75, 3.05) is 14.2 Å². The fourth-order valence-electron chi connectivity index (χ4n) is 2.55. The van der Waals surface area contributed by atoms with Crippen LogP contribution in [-0.2, 0) is 12.7 Å². The molecule has 0 radical (unpaired) electrons. The molecular weight excluding hydrogens is 365 g/mol. The predicted octanol–water partition coefficient (Wildman–Crippen LogP) is 2.70. The molecule has 0 atom stereocenters. The van der Waals surface area contributed by atoms with E-state index in [4.69, 9.17) is 9.47 Å². The number of pyridine rings is 1. The molecule has 7 nitrogen and oxygen atoms in total. The second-order valence-electron chi connectivity index (χ2n) is 5.48. The number of methoxy groups -OCH3 is 2. The van der Waals surface area contributed by atoms with E-state index in [2.05, 4.69) is 15.5 Å². The summed E-state index contributed by atoms with van der Waals surface area (Å²) in [6.07, 6.45) is -3.60. The molecule has 0 fully saturated rings. The van der Waals surface area contributed by atoms with Crippen LogP contribution in [0.15, 0.2) is 36.5 Å². The second kappa shape index (κ2) is 7.14. The summed E-state index contributed by atoms with van der Waals surface area (Å²) >= 11 is 0. The van der Waals surface area contributed by atoms with Crippen molar-refractivity contribution < 1.29 is 27.4 Å². The SMILES string of the molecule is COc1cccc(C(=O)NCc2nnc3ccc(C(F)(F)F)cn23)c1OC. The van der Waals surface area contributed by atoms with Gasteiger partial charge < -0.3 is 14.8 Å². The molecule has 0 unspecified atom stereocenters. The molecule has 1 aromatic carbocycles. The van der Waals surface area contributed by atoms with Crippen molar-refractivity contribution in [2.45, 2.75) is 12.7 Å². The highest BCUT2D eigenvalue weighted by molar-refractivity contribution is 5.97. The molecular formula is C17H15F3N4O3. The Morgan fingerprint density at radius 2 is 1.93 bits per heavy atom. The number of nitrogens with zero attached hydrogens (tertiary/aromatic N) is 3. The van der Waals surface area contributed by atoms with Gasteiger partial charge in [0.15, 0.2) is 23.0 Å². The normalized spacial score (nSPS) is 11.4. The van der Waals surface area contributed by atoms with Crippen LogP contribution in [0.2, 0.25) is 0 Å². The zero-order valence-electron chi connectivity index (χ0n) is 14.4. The van der Waals surface area contributed by atoms with Crippen molar-refractivity contribution in [1.82, 2.24) is 19.9 Å². The van der Waals surface area contributed by atoms with E-state index >= 15 is 0 Å². The minimum absolute atomic E-state index is 0.123. The van der Waals surface area contributed by atoms with Gasteiger partial charge in [0.25, 0.3) is 5.91 Å². The monoisotopic (exact) mass is 380 g/mol. The number of rotatable bonds is 5. The molecule has 1 amide bonds. The van der Waals surface area contributed by atoms with Crippen LogP contribution in [0, 0.1) is 0 Å². The van der Waals surface area contributed by atoms with Gasteiger partial charge in [0.2, 0.25) is 0 Å². The van der Waals surface area contributed by atoms with Crippen LogP contribution in [0.5, 0.6) is 11.5 Å². The van der Waals surface area contributed by atoms with Crippen molar-refractivity contribution >= 4 is 11.6 Å². The molecule has 0 saturated heterocycles. The van der Waals surface area contributed by atoms with Crippen LogP contribution < -0.4 is 14.8 Å². The summed E-state index contributed by atoms with van der Waals surface area (Å²) < 4.78 is 50.2. The van der Waals surface area contributed by atoms with Gasteiger partial charge in [0.05, 0.1) is 31.9 Å². The first-order chi connectivity index (χ1) is 12.8. The Hall–Kier alpha value is -3.30. The zero-order chi connectivity index (χ0) is 19.6. The van der Waals surface area contributed by atoms with E-state index < -0.39 is 17.6 Å². The van der Waals surface area contributed by atoms with Gasteiger partial charge >= 0.3 is 6.18 Å². The van der Waals surface area contributed by atoms with Crippen LogP contribution in [-0.4, -0.2) is 34.7 Å². The van der Waals surface area contributed by atoms with Crippen molar-refractivity contribution in [3.8, 4) is 11.5 Å². The maximum Gasteiger partial charge on any atom is 0.417 e. The molecule has 0 aliphatic heterocycles. The van der Waals surface area contributed by atoms with Crippen LogP contribution in [0.3, 0.4) is 0 Å². The van der Waals surface area contributed by atoms with Crippen LogP contribution >= 0.6 is 0 Å². The van der Waals surface area contributed by atoms with Crippen LogP contribution in [0.1, 0.15) is 21.7 Å². The van der Waals surface area contributed by atoms with Crippen molar-refractivity contribution in [1.29, 1.82) is 0 Å². The number of hydrogen-bond donors (Lipinski definition) is 1. The number of halogens is 3. The second-order valence-corrected chi connectivity index (χ2v) is 5.48. The highest BCUT2D eigenvalue weighted by Crippen LogP contribution is 2.31. The summed E-state index contributed by atoms with van der Waals surface area (Å²) in [4.78, 5) is 12.5. The highest BCUT2D eigenvalue weighted by atomic mass is 19.4. The Bertz CT molecular complexity index is 985. The number of aromatic nitrogens is 3. The van der Waals surface area contributed by atoms with Gasteiger partial charge in [-0.2, -0.15) is 13.2 Å². The largest absolute Gasteiger partial charge is 0.493 e. The number of hydrogen-bond acceptors (Lipinski definition) is 5. The fourth-order valence-corrected chi connectivity index (χ4v) is 2.55. The van der Waals surface area contributed by atoms with E-state index in [1.54, 1.807) is 18.2 Å². The van der Waals surface area contributed by atoms with Crippen molar-refractivity contribution in [3.63, 3.8) is 0 Å². The molecule has 3 aromatic rings. The number of carbonyl (C=O) groups is 1. The van der Waals surface area contributed by atoms with Crippen LogP contribution in [0.25, 0.3) is 5.65 Å². The van der Waals surface area contributed by atoms with E-state index in [1.165, 1.54) is 24.7 Å². The standard InChI is InChI=1S/C17H15F3N4O3/c1-26-12-5-3-4-11(15(12)27-2)16(25)21-8-14-23-22-13-7-6-10(9-24(13)14)17(18,19)20/h3-7,9H,8H2,1-2H3,(H,21,25). The van der Waals surface area contributed by atoms with Gasteiger partial charge in [-0.25, -0.2) is 0 Å². The summed E-state index contributed by atoms with van der Waals surface area (Å²) in [6, 6.07) is 6.94. The number of amides is 1. The van der Waals surface area contributed by atoms with Gasteiger partial charge in [-0.15, -0.1) is 10.2 Å². The van der Waals surface area contributed by atoms with Gasteiger partial charge in [-0.05, 0) is 24.3 Å². The third-order valence-electron chi connectivity index (χ3n) is 3.85. The zero-order valence-corrected chi connectivity index (χ0v) is 14.4. The molecule has 3 rings (SSSR count). The number of carbonyl (C=O) groups excluding carboxylic acids is 1. The Balaban J connectivity index is 1.84. The summed E-state index contributed by atoms with van der Waals surface area (Å²) in [5.41, 5.74) is -0.371. The molecule has 1 N–H and O–H groups in total. The van der Waals surface area contributed by atoms with E-state index in [9.17, 15) is 18.0 Å². The quantitative estimate of drug-likeness (QED) is 0.737. The van der Waals surface area contributed by atoms with Gasteiger partial charge in [-0.1, -0.05) is 6.07 Å². The smallest absolute Gasteiger partial charge is 0.417 e. The maximum absolute atomic E-state index is 12.9. The third-order valence-corrected chi connectivity index (χ3v) is 3.85. The molecule has 27 heavy (non-hydrogen) atoms. The highest BCUT2D eigenvalue weighted by Gasteiger charge is 2.31. The summed E-state index contributed by atoms with van der Waals surface area (Å²) in [6.45, 7) is -0.123. The van der Waals surface area contributed by atoms with E-state index in [1.807, 2.05) is 0 Å². The number of fused-ring (bicyclic) bond motifs is 1. The Kier molecular flexibility index (Phi) is 4.89. The number of nitrogens with one attached hydrogen (secondary N) is 1. The topological polar surface area (TPSA) is 77.8 Å². The molecule has 0 spiro atoms. The fraction of sp³-hybridized carbons (Fsp3) is 0.235. The molecule has 10 heteroatoms. The molecule has 142 valence electrons. The van der Waals surface area contributed by atoms with Crippen molar-refractivity contribution in [3.05, 3.63) is 53.5 Å². The summed E-state index contributed by atoms with van der Waals surface area (Å²) in [5, 5.41) is 10.2.